The van der Waals surface area contributed by atoms with Gasteiger partial charge in [0.2, 0.25) is 0 Å². The molecule has 0 spiro atoms. The number of carbonyl (C=O) groups is 4. The van der Waals surface area contributed by atoms with Gasteiger partial charge in [0.1, 0.15) is 0 Å². The van der Waals surface area contributed by atoms with Crippen LogP contribution in [-0.4, -0.2) is 53.1 Å². The van der Waals surface area contributed by atoms with Gasteiger partial charge in [-0.05, 0) is 60.7 Å². The van der Waals surface area contributed by atoms with Crippen LogP contribution in [0.1, 0.15) is 65.4 Å². The largest absolute Gasteiger partial charge is 0.348 e. The average molecular weight is 482 g/mol. The van der Waals surface area contributed by atoms with Crippen LogP contribution in [0.4, 0.5) is 0 Å². The molecule has 0 aromatic heterocycles. The Labute approximate surface area is 209 Å². The second kappa shape index (κ2) is 10.2. The van der Waals surface area contributed by atoms with Crippen molar-refractivity contribution in [2.45, 2.75) is 25.8 Å². The predicted molar refractivity (Wildman–Crippen MR) is 135 cm³/mol. The van der Waals surface area contributed by atoms with Crippen molar-refractivity contribution in [3.63, 3.8) is 0 Å². The normalized spacial score (nSPS) is 14.8. The van der Waals surface area contributed by atoms with E-state index in [2.05, 4.69) is 5.32 Å². The Kier molecular flexibility index (Phi) is 6.62. The van der Waals surface area contributed by atoms with Crippen molar-refractivity contribution in [2.75, 3.05) is 19.6 Å². The molecule has 0 saturated carbocycles. The molecule has 7 nitrogen and oxygen atoms in total. The van der Waals surface area contributed by atoms with Crippen molar-refractivity contribution < 1.29 is 19.2 Å². The lowest BCUT2D eigenvalue weighted by Crippen LogP contribution is -2.31. The summed E-state index contributed by atoms with van der Waals surface area (Å²) in [6.07, 6.45) is 2.63. The predicted octanol–water partition coefficient (Wildman–Crippen LogP) is 3.69. The number of benzene rings is 3. The van der Waals surface area contributed by atoms with E-state index in [9.17, 15) is 19.2 Å². The first-order chi connectivity index (χ1) is 17.5. The summed E-state index contributed by atoms with van der Waals surface area (Å²) in [4.78, 5) is 54.3. The van der Waals surface area contributed by atoms with E-state index in [1.807, 2.05) is 47.4 Å². The van der Waals surface area contributed by atoms with Crippen LogP contribution in [0.15, 0.2) is 72.8 Å². The maximum absolute atomic E-state index is 12.9. The minimum Gasteiger partial charge on any atom is -0.348 e. The second-order valence-electron chi connectivity index (χ2n) is 9.14. The van der Waals surface area contributed by atoms with Crippen LogP contribution >= 0.6 is 0 Å². The number of nitrogens with zero attached hydrogens (tertiary/aromatic N) is 2. The fourth-order valence-electron chi connectivity index (χ4n) is 4.72. The number of rotatable bonds is 7. The van der Waals surface area contributed by atoms with Gasteiger partial charge < -0.3 is 10.2 Å². The number of likely N-dealkylation sites (tertiary alicyclic amines) is 1. The van der Waals surface area contributed by atoms with Gasteiger partial charge in [-0.3, -0.25) is 24.1 Å². The molecule has 2 aliphatic rings. The molecule has 0 unspecified atom stereocenters. The summed E-state index contributed by atoms with van der Waals surface area (Å²) < 4.78 is 0. The quantitative estimate of drug-likeness (QED) is 0.522. The summed E-state index contributed by atoms with van der Waals surface area (Å²) in [5.74, 6) is -1.05. The van der Waals surface area contributed by atoms with Gasteiger partial charge in [0.25, 0.3) is 23.6 Å². The summed E-state index contributed by atoms with van der Waals surface area (Å²) >= 11 is 0. The number of amides is 4. The summed E-state index contributed by atoms with van der Waals surface area (Å²) in [6.45, 7) is 2.09. The Morgan fingerprint density at radius 1 is 0.750 bits per heavy atom. The van der Waals surface area contributed by atoms with E-state index in [1.54, 1.807) is 24.3 Å². The van der Waals surface area contributed by atoms with Gasteiger partial charge in [0, 0.05) is 37.3 Å². The van der Waals surface area contributed by atoms with Gasteiger partial charge in [-0.25, -0.2) is 0 Å². The summed E-state index contributed by atoms with van der Waals surface area (Å²) in [6, 6.07) is 21.5. The standard InChI is InChI=1S/C29H27N3O4/c33-26(30-19-21-9-6-10-23(17-21)27(34)31-14-4-5-15-31)22-11-12-24-25(18-22)29(36)32(28(24)35)16-13-20-7-2-1-3-8-20/h1-3,6-12,17-18H,4-5,13-16,19H2,(H,30,33). The minimum absolute atomic E-state index is 0.0132. The third-order valence-corrected chi connectivity index (χ3v) is 6.72. The zero-order chi connectivity index (χ0) is 25.1. The van der Waals surface area contributed by atoms with Crippen LogP contribution in [0.3, 0.4) is 0 Å². The molecular formula is C29H27N3O4. The Balaban J connectivity index is 1.23. The van der Waals surface area contributed by atoms with Crippen molar-refractivity contribution in [1.82, 2.24) is 15.1 Å². The van der Waals surface area contributed by atoms with E-state index in [0.29, 0.717) is 23.1 Å². The number of fused-ring (bicyclic) bond motifs is 1. The Bertz CT molecular complexity index is 1330. The van der Waals surface area contributed by atoms with E-state index in [0.717, 1.165) is 37.1 Å². The van der Waals surface area contributed by atoms with E-state index < -0.39 is 0 Å². The Morgan fingerprint density at radius 2 is 1.47 bits per heavy atom. The molecule has 36 heavy (non-hydrogen) atoms. The molecule has 0 radical (unpaired) electrons. The average Bonchev–Trinajstić information content (AvgIpc) is 3.54. The van der Waals surface area contributed by atoms with Gasteiger partial charge in [-0.2, -0.15) is 0 Å². The van der Waals surface area contributed by atoms with Crippen LogP contribution < -0.4 is 5.32 Å². The zero-order valence-electron chi connectivity index (χ0n) is 19.9. The van der Waals surface area contributed by atoms with E-state index in [1.165, 1.54) is 11.0 Å². The topological polar surface area (TPSA) is 86.8 Å². The van der Waals surface area contributed by atoms with Crippen molar-refractivity contribution in [3.05, 3.63) is 106 Å². The van der Waals surface area contributed by atoms with Gasteiger partial charge >= 0.3 is 0 Å². The first-order valence-electron chi connectivity index (χ1n) is 12.2. The molecule has 1 fully saturated rings. The van der Waals surface area contributed by atoms with Crippen LogP contribution in [0, 0.1) is 0 Å². The molecule has 3 aromatic rings. The molecule has 0 bridgehead atoms. The number of carbonyl (C=O) groups excluding carboxylic acids is 4. The SMILES string of the molecule is O=C(NCc1cccc(C(=O)N2CCCC2)c1)c1ccc2c(c1)C(=O)N(CCc1ccccc1)C2=O. The molecule has 5 rings (SSSR count). The van der Waals surface area contributed by atoms with E-state index in [-0.39, 0.29) is 42.3 Å². The fraction of sp³-hybridized carbons (Fsp3) is 0.241. The van der Waals surface area contributed by atoms with Gasteiger partial charge in [-0.15, -0.1) is 0 Å². The third-order valence-electron chi connectivity index (χ3n) is 6.72. The maximum atomic E-state index is 12.9. The van der Waals surface area contributed by atoms with Gasteiger partial charge in [-0.1, -0.05) is 42.5 Å². The summed E-state index contributed by atoms with van der Waals surface area (Å²) in [5, 5.41) is 2.85. The lowest BCUT2D eigenvalue weighted by atomic mass is 10.0. The smallest absolute Gasteiger partial charge is 0.261 e. The lowest BCUT2D eigenvalue weighted by molar-refractivity contribution is 0.0655. The van der Waals surface area contributed by atoms with Crippen LogP contribution in [0.5, 0.6) is 0 Å². The molecule has 1 N–H and O–H groups in total. The third kappa shape index (κ3) is 4.77. The summed E-state index contributed by atoms with van der Waals surface area (Å²) in [5.41, 5.74) is 3.34. The molecule has 3 aromatic carbocycles. The molecule has 0 aliphatic carbocycles. The molecule has 2 aliphatic heterocycles. The Morgan fingerprint density at radius 3 is 2.25 bits per heavy atom. The summed E-state index contributed by atoms with van der Waals surface area (Å²) in [7, 11) is 0. The van der Waals surface area contributed by atoms with Crippen molar-refractivity contribution in [3.8, 4) is 0 Å². The molecule has 7 heteroatoms. The highest BCUT2D eigenvalue weighted by atomic mass is 16.2. The minimum atomic E-state index is -0.381. The molecule has 2 heterocycles. The fourth-order valence-corrected chi connectivity index (χ4v) is 4.72. The number of hydrogen-bond donors (Lipinski definition) is 1. The van der Waals surface area contributed by atoms with Crippen LogP contribution in [0.25, 0.3) is 0 Å². The van der Waals surface area contributed by atoms with Gasteiger partial charge in [0.15, 0.2) is 0 Å². The van der Waals surface area contributed by atoms with Crippen LogP contribution in [-0.2, 0) is 13.0 Å². The maximum Gasteiger partial charge on any atom is 0.261 e. The molecule has 1 saturated heterocycles. The van der Waals surface area contributed by atoms with Crippen molar-refractivity contribution in [2.24, 2.45) is 0 Å². The van der Waals surface area contributed by atoms with Crippen molar-refractivity contribution in [1.29, 1.82) is 0 Å². The highest BCUT2D eigenvalue weighted by Crippen LogP contribution is 2.24. The molecule has 4 amide bonds. The number of imide groups is 1. The number of nitrogens with one attached hydrogen (secondary N) is 1. The highest BCUT2D eigenvalue weighted by Gasteiger charge is 2.35. The molecular weight excluding hydrogens is 454 g/mol. The first-order valence-corrected chi connectivity index (χ1v) is 12.2. The molecule has 182 valence electrons. The second-order valence-corrected chi connectivity index (χ2v) is 9.14. The van der Waals surface area contributed by atoms with Crippen molar-refractivity contribution >= 4 is 23.6 Å². The van der Waals surface area contributed by atoms with Gasteiger partial charge in [0.05, 0.1) is 11.1 Å². The lowest BCUT2D eigenvalue weighted by Gasteiger charge is -2.15. The first kappa shape index (κ1) is 23.5. The zero-order valence-corrected chi connectivity index (χ0v) is 19.9. The van der Waals surface area contributed by atoms with Crippen LogP contribution in [0.2, 0.25) is 0 Å². The van der Waals surface area contributed by atoms with E-state index in [4.69, 9.17) is 0 Å². The monoisotopic (exact) mass is 481 g/mol. The highest BCUT2D eigenvalue weighted by molar-refractivity contribution is 6.22. The Hall–Kier alpha value is -4.26. The number of hydrogen-bond acceptors (Lipinski definition) is 4. The molecule has 0 atom stereocenters. The van der Waals surface area contributed by atoms with E-state index >= 15 is 0 Å².